The predicted octanol–water partition coefficient (Wildman–Crippen LogP) is 0.561. The zero-order valence-corrected chi connectivity index (χ0v) is 11.6. The molecule has 0 aliphatic rings. The Balaban J connectivity index is 2.34. The number of nitrogens with two attached hydrogens (primary N) is 2. The molecule has 0 spiro atoms. The van der Waals surface area contributed by atoms with E-state index in [0.29, 0.717) is 30.0 Å². The second-order valence-corrected chi connectivity index (χ2v) is 4.78. The van der Waals surface area contributed by atoms with Gasteiger partial charge in [-0.15, -0.1) is 0 Å². The van der Waals surface area contributed by atoms with Crippen molar-refractivity contribution in [1.29, 1.82) is 5.26 Å². The Kier molecular flexibility index (Phi) is 4.87. The minimum absolute atomic E-state index is 0.360. The molecule has 7 heteroatoms. The van der Waals surface area contributed by atoms with E-state index in [-0.39, 0.29) is 11.7 Å². The molecule has 2 rings (SSSR count). The fraction of sp³-hybridized carbons (Fsp3) is 0.357. The lowest BCUT2D eigenvalue weighted by molar-refractivity contribution is 0.557. The van der Waals surface area contributed by atoms with E-state index in [9.17, 15) is 4.79 Å². The molecule has 0 fully saturated rings. The number of nitrogens with zero attached hydrogens (tertiary/aromatic N) is 3. The quantitative estimate of drug-likeness (QED) is 0.669. The smallest absolute Gasteiger partial charge is 0.330 e. The first-order valence-corrected chi connectivity index (χ1v) is 6.81. The highest BCUT2D eigenvalue weighted by Gasteiger charge is 2.17. The third kappa shape index (κ3) is 3.37. The Morgan fingerprint density at radius 3 is 2.95 bits per heavy atom. The second-order valence-electron chi connectivity index (χ2n) is 4.78. The number of H-pyrrole nitrogens is 1. The third-order valence-electron chi connectivity index (χ3n) is 3.23. The highest BCUT2D eigenvalue weighted by molar-refractivity contribution is 5.41. The second kappa shape index (κ2) is 6.83. The van der Waals surface area contributed by atoms with Crippen LogP contribution in [0, 0.1) is 11.3 Å². The lowest BCUT2D eigenvalue weighted by Crippen LogP contribution is -2.22. The maximum Gasteiger partial charge on any atom is 0.347 e. The number of unbranched alkanes of at least 4 members (excludes halogenated alkanes) is 1. The van der Waals surface area contributed by atoms with Crippen molar-refractivity contribution in [2.75, 3.05) is 6.54 Å². The summed E-state index contributed by atoms with van der Waals surface area (Å²) < 4.78 is 1.41. The van der Waals surface area contributed by atoms with Crippen LogP contribution in [-0.4, -0.2) is 21.3 Å². The van der Waals surface area contributed by atoms with E-state index in [1.807, 2.05) is 6.07 Å². The first kappa shape index (κ1) is 15.0. The maximum absolute atomic E-state index is 12.0. The van der Waals surface area contributed by atoms with Crippen molar-refractivity contribution in [2.24, 2.45) is 11.5 Å². The van der Waals surface area contributed by atoms with Gasteiger partial charge in [0.1, 0.15) is 0 Å². The van der Waals surface area contributed by atoms with Crippen molar-refractivity contribution in [3.63, 3.8) is 0 Å². The Hall–Kier alpha value is -2.43. The molecule has 7 nitrogen and oxygen atoms in total. The van der Waals surface area contributed by atoms with Crippen LogP contribution in [-0.2, 0) is 0 Å². The van der Waals surface area contributed by atoms with Gasteiger partial charge in [0.2, 0.25) is 0 Å². The van der Waals surface area contributed by atoms with Crippen LogP contribution in [0.15, 0.2) is 29.1 Å². The number of rotatable bonds is 6. The summed E-state index contributed by atoms with van der Waals surface area (Å²) in [5.41, 5.74) is 12.3. The van der Waals surface area contributed by atoms with E-state index < -0.39 is 0 Å². The van der Waals surface area contributed by atoms with E-state index in [2.05, 4.69) is 10.2 Å². The summed E-state index contributed by atoms with van der Waals surface area (Å²) in [6, 6.07) is 8.46. The van der Waals surface area contributed by atoms with Gasteiger partial charge in [0.05, 0.1) is 23.4 Å². The van der Waals surface area contributed by atoms with Crippen LogP contribution in [0.25, 0.3) is 5.69 Å². The lowest BCUT2D eigenvalue weighted by Gasteiger charge is -2.12. The Bertz CT molecular complexity index is 696. The Morgan fingerprint density at radius 2 is 2.24 bits per heavy atom. The average molecular weight is 286 g/mol. The molecule has 0 amide bonds. The normalized spacial score (nSPS) is 12.0. The van der Waals surface area contributed by atoms with Crippen molar-refractivity contribution >= 4 is 0 Å². The predicted molar refractivity (Wildman–Crippen MR) is 78.7 cm³/mol. The summed E-state index contributed by atoms with van der Waals surface area (Å²) in [5.74, 6) is 0.465. The molecule has 2 aromatic rings. The van der Waals surface area contributed by atoms with Crippen molar-refractivity contribution in [1.82, 2.24) is 14.8 Å². The summed E-state index contributed by atoms with van der Waals surface area (Å²) in [6.45, 7) is 0.615. The Morgan fingerprint density at radius 1 is 1.43 bits per heavy atom. The van der Waals surface area contributed by atoms with Gasteiger partial charge >= 0.3 is 5.69 Å². The molecule has 0 unspecified atom stereocenters. The molecule has 21 heavy (non-hydrogen) atoms. The number of aromatic nitrogens is 3. The van der Waals surface area contributed by atoms with Crippen LogP contribution < -0.4 is 17.2 Å². The topological polar surface area (TPSA) is 127 Å². The van der Waals surface area contributed by atoms with Crippen molar-refractivity contribution in [2.45, 2.75) is 25.3 Å². The van der Waals surface area contributed by atoms with Crippen molar-refractivity contribution in [3.8, 4) is 11.8 Å². The monoisotopic (exact) mass is 286 g/mol. The molecular weight excluding hydrogens is 268 g/mol. The summed E-state index contributed by atoms with van der Waals surface area (Å²) in [6.07, 6.45) is 2.45. The minimum Gasteiger partial charge on any atom is -0.330 e. The van der Waals surface area contributed by atoms with E-state index in [0.717, 1.165) is 12.8 Å². The van der Waals surface area contributed by atoms with Crippen LogP contribution in [0.5, 0.6) is 0 Å². The number of benzene rings is 1. The lowest BCUT2D eigenvalue weighted by atomic mass is 10.1. The van der Waals surface area contributed by atoms with Gasteiger partial charge in [-0.1, -0.05) is 12.5 Å². The van der Waals surface area contributed by atoms with Gasteiger partial charge in [0.15, 0.2) is 5.82 Å². The Labute approximate surface area is 122 Å². The molecule has 0 radical (unpaired) electrons. The molecule has 1 atom stereocenters. The molecule has 0 bridgehead atoms. The fourth-order valence-electron chi connectivity index (χ4n) is 2.16. The zero-order chi connectivity index (χ0) is 15.2. The van der Waals surface area contributed by atoms with Crippen molar-refractivity contribution < 1.29 is 0 Å². The van der Waals surface area contributed by atoms with Gasteiger partial charge < -0.3 is 11.5 Å². The molecule has 0 aliphatic heterocycles. The minimum atomic E-state index is -0.366. The standard InChI is InChI=1S/C14H18N6O/c15-7-2-1-6-12(17)13-18-19-14(21)20(13)11-5-3-4-10(8-11)9-16/h3-5,8,12H,1-2,6-7,15,17H2,(H,19,21)/t12-/m0/s1. The van der Waals surface area contributed by atoms with Crippen LogP contribution in [0.3, 0.4) is 0 Å². The number of aromatic amines is 1. The molecule has 0 aliphatic carbocycles. The van der Waals surface area contributed by atoms with Crippen LogP contribution in [0.2, 0.25) is 0 Å². The highest BCUT2D eigenvalue weighted by atomic mass is 16.1. The van der Waals surface area contributed by atoms with Gasteiger partial charge in [-0.05, 0) is 37.6 Å². The van der Waals surface area contributed by atoms with Gasteiger partial charge in [-0.2, -0.15) is 10.4 Å². The first-order valence-electron chi connectivity index (χ1n) is 6.81. The summed E-state index contributed by atoms with van der Waals surface area (Å²) in [5, 5.41) is 15.4. The molecule has 1 aromatic carbocycles. The molecule has 1 heterocycles. The number of hydrogen-bond donors (Lipinski definition) is 3. The van der Waals surface area contributed by atoms with Gasteiger partial charge in [0, 0.05) is 0 Å². The van der Waals surface area contributed by atoms with Crippen LogP contribution >= 0.6 is 0 Å². The number of nitriles is 1. The first-order chi connectivity index (χ1) is 10.2. The van der Waals surface area contributed by atoms with Crippen LogP contribution in [0.4, 0.5) is 0 Å². The molecular formula is C14H18N6O. The number of nitrogens with one attached hydrogen (secondary N) is 1. The SMILES string of the molecule is N#Cc1cccc(-n2c([C@@H](N)CCCCN)n[nH]c2=O)c1. The van der Waals surface area contributed by atoms with Crippen molar-refractivity contribution in [3.05, 3.63) is 46.1 Å². The zero-order valence-electron chi connectivity index (χ0n) is 11.6. The third-order valence-corrected chi connectivity index (χ3v) is 3.23. The van der Waals surface area contributed by atoms with E-state index >= 15 is 0 Å². The fourth-order valence-corrected chi connectivity index (χ4v) is 2.16. The highest BCUT2D eigenvalue weighted by Crippen LogP contribution is 2.17. The summed E-state index contributed by atoms with van der Waals surface area (Å²) in [4.78, 5) is 12.0. The summed E-state index contributed by atoms with van der Waals surface area (Å²) >= 11 is 0. The van der Waals surface area contributed by atoms with Gasteiger partial charge in [-0.3, -0.25) is 0 Å². The van der Waals surface area contributed by atoms with Crippen LogP contribution in [0.1, 0.15) is 36.7 Å². The maximum atomic E-state index is 12.0. The molecule has 110 valence electrons. The molecule has 0 saturated carbocycles. The number of hydrogen-bond acceptors (Lipinski definition) is 5. The van der Waals surface area contributed by atoms with E-state index in [1.165, 1.54) is 4.57 Å². The van der Waals surface area contributed by atoms with Gasteiger partial charge in [0.25, 0.3) is 0 Å². The molecule has 5 N–H and O–H groups in total. The molecule has 1 aromatic heterocycles. The molecule has 0 saturated heterocycles. The largest absolute Gasteiger partial charge is 0.347 e. The van der Waals surface area contributed by atoms with E-state index in [4.69, 9.17) is 16.7 Å². The van der Waals surface area contributed by atoms with E-state index in [1.54, 1.807) is 24.3 Å². The average Bonchev–Trinajstić information content (AvgIpc) is 2.89. The summed E-state index contributed by atoms with van der Waals surface area (Å²) in [7, 11) is 0. The van der Waals surface area contributed by atoms with Gasteiger partial charge in [-0.25, -0.2) is 14.5 Å².